The van der Waals surface area contributed by atoms with Gasteiger partial charge in [-0.05, 0) is 54.6 Å². The van der Waals surface area contributed by atoms with Gasteiger partial charge in [0.15, 0.2) is 0 Å². The fraction of sp³-hybridized carbons (Fsp3) is 0.588. The standard InChI is InChI=1S/C17H24N2OS/c1-2-9-19-16(20)5-3-7-17(19)8-4-10-18(14-17)12-15-6-11-21-13-15/h2,6,11,13H,1,3-5,7-10,12,14H2/t17-/m1/s1. The van der Waals surface area contributed by atoms with Crippen molar-refractivity contribution in [3.63, 3.8) is 0 Å². The van der Waals surface area contributed by atoms with Crippen molar-refractivity contribution in [1.82, 2.24) is 9.80 Å². The lowest BCUT2D eigenvalue weighted by Crippen LogP contribution is -2.62. The average Bonchev–Trinajstić information content (AvgIpc) is 2.96. The molecule has 1 aromatic heterocycles. The Morgan fingerprint density at radius 1 is 1.38 bits per heavy atom. The molecule has 1 amide bonds. The van der Waals surface area contributed by atoms with Crippen LogP contribution >= 0.6 is 11.3 Å². The second kappa shape index (κ2) is 6.32. The van der Waals surface area contributed by atoms with E-state index >= 15 is 0 Å². The molecule has 2 fully saturated rings. The van der Waals surface area contributed by atoms with Crippen molar-refractivity contribution in [2.75, 3.05) is 19.6 Å². The number of hydrogen-bond acceptors (Lipinski definition) is 3. The number of likely N-dealkylation sites (tertiary alicyclic amines) is 2. The van der Waals surface area contributed by atoms with E-state index in [4.69, 9.17) is 0 Å². The minimum absolute atomic E-state index is 0.0534. The van der Waals surface area contributed by atoms with Crippen LogP contribution in [0.3, 0.4) is 0 Å². The largest absolute Gasteiger partial charge is 0.332 e. The number of rotatable bonds is 4. The first-order valence-electron chi connectivity index (χ1n) is 7.88. The Hall–Kier alpha value is -1.13. The minimum atomic E-state index is 0.0534. The van der Waals surface area contributed by atoms with Gasteiger partial charge in [-0.1, -0.05) is 6.08 Å². The van der Waals surface area contributed by atoms with Crippen LogP contribution in [-0.2, 0) is 11.3 Å². The Bertz CT molecular complexity index is 495. The first kappa shape index (κ1) is 14.8. The number of piperidine rings is 2. The lowest BCUT2D eigenvalue weighted by atomic mass is 9.79. The third-order valence-electron chi connectivity index (χ3n) is 4.84. The molecule has 21 heavy (non-hydrogen) atoms. The second-order valence-electron chi connectivity index (χ2n) is 6.32. The van der Waals surface area contributed by atoms with Gasteiger partial charge in [-0.15, -0.1) is 6.58 Å². The molecule has 0 N–H and O–H groups in total. The number of thiophene rings is 1. The number of hydrogen-bond donors (Lipinski definition) is 0. The fourth-order valence-corrected chi connectivity index (χ4v) is 4.59. The SMILES string of the molecule is C=CCN1C(=O)CCC[C@]12CCCN(Cc1ccsc1)C2. The summed E-state index contributed by atoms with van der Waals surface area (Å²) in [7, 11) is 0. The van der Waals surface area contributed by atoms with E-state index in [1.807, 2.05) is 6.08 Å². The van der Waals surface area contributed by atoms with Crippen LogP contribution in [0, 0.1) is 0 Å². The molecule has 3 heterocycles. The molecule has 1 aromatic rings. The summed E-state index contributed by atoms with van der Waals surface area (Å²) in [4.78, 5) is 17.0. The van der Waals surface area contributed by atoms with Crippen molar-refractivity contribution in [2.45, 2.75) is 44.2 Å². The zero-order chi connectivity index (χ0) is 14.7. The molecule has 114 valence electrons. The van der Waals surface area contributed by atoms with Gasteiger partial charge in [-0.2, -0.15) is 11.3 Å². The van der Waals surface area contributed by atoms with E-state index in [0.29, 0.717) is 18.9 Å². The summed E-state index contributed by atoms with van der Waals surface area (Å²) in [5, 5.41) is 4.37. The van der Waals surface area contributed by atoms with E-state index in [0.717, 1.165) is 38.9 Å². The fourth-order valence-electron chi connectivity index (χ4n) is 3.93. The van der Waals surface area contributed by atoms with E-state index in [2.05, 4.69) is 33.2 Å². The van der Waals surface area contributed by atoms with Gasteiger partial charge in [-0.25, -0.2) is 0 Å². The van der Waals surface area contributed by atoms with E-state index in [1.54, 1.807) is 11.3 Å². The summed E-state index contributed by atoms with van der Waals surface area (Å²) in [6, 6.07) is 2.21. The van der Waals surface area contributed by atoms with Crippen LogP contribution in [0.2, 0.25) is 0 Å². The summed E-state index contributed by atoms with van der Waals surface area (Å²) in [5.74, 6) is 0.318. The predicted octanol–water partition coefficient (Wildman–Crippen LogP) is 3.28. The summed E-state index contributed by atoms with van der Waals surface area (Å²) in [5.41, 5.74) is 1.45. The van der Waals surface area contributed by atoms with Crippen LogP contribution in [0.5, 0.6) is 0 Å². The van der Waals surface area contributed by atoms with Gasteiger partial charge < -0.3 is 4.90 Å². The monoisotopic (exact) mass is 304 g/mol. The number of carbonyl (C=O) groups is 1. The molecule has 2 aliphatic heterocycles. The molecule has 0 saturated carbocycles. The van der Waals surface area contributed by atoms with Crippen LogP contribution in [0.1, 0.15) is 37.7 Å². The van der Waals surface area contributed by atoms with Gasteiger partial charge in [0.1, 0.15) is 0 Å². The Labute approximate surface area is 131 Å². The van der Waals surface area contributed by atoms with Gasteiger partial charge in [0.05, 0.1) is 5.54 Å². The first-order chi connectivity index (χ1) is 10.2. The molecular formula is C17H24N2OS. The highest BCUT2D eigenvalue weighted by atomic mass is 32.1. The van der Waals surface area contributed by atoms with E-state index in [-0.39, 0.29) is 5.54 Å². The van der Waals surface area contributed by atoms with Crippen LogP contribution in [-0.4, -0.2) is 40.9 Å². The van der Waals surface area contributed by atoms with Crippen molar-refractivity contribution in [3.8, 4) is 0 Å². The molecule has 0 radical (unpaired) electrons. The lowest BCUT2D eigenvalue weighted by molar-refractivity contribution is -0.144. The summed E-state index contributed by atoms with van der Waals surface area (Å²) in [6.07, 6.45) is 7.10. The molecule has 1 spiro atoms. The smallest absolute Gasteiger partial charge is 0.223 e. The maximum Gasteiger partial charge on any atom is 0.223 e. The lowest BCUT2D eigenvalue weighted by Gasteiger charge is -2.52. The number of nitrogens with zero attached hydrogens (tertiary/aromatic N) is 2. The Morgan fingerprint density at radius 3 is 3.00 bits per heavy atom. The van der Waals surface area contributed by atoms with Crippen molar-refractivity contribution >= 4 is 17.2 Å². The molecular weight excluding hydrogens is 280 g/mol. The van der Waals surface area contributed by atoms with E-state index < -0.39 is 0 Å². The number of amides is 1. The molecule has 0 aromatic carbocycles. The molecule has 2 saturated heterocycles. The Morgan fingerprint density at radius 2 is 2.24 bits per heavy atom. The van der Waals surface area contributed by atoms with Crippen molar-refractivity contribution in [3.05, 3.63) is 35.0 Å². The van der Waals surface area contributed by atoms with Crippen molar-refractivity contribution in [1.29, 1.82) is 0 Å². The van der Waals surface area contributed by atoms with Gasteiger partial charge in [0.25, 0.3) is 0 Å². The zero-order valence-corrected chi connectivity index (χ0v) is 13.4. The Balaban J connectivity index is 1.75. The molecule has 0 bridgehead atoms. The molecule has 2 aliphatic rings. The van der Waals surface area contributed by atoms with Crippen LogP contribution in [0.25, 0.3) is 0 Å². The highest BCUT2D eigenvalue weighted by Gasteiger charge is 2.44. The second-order valence-corrected chi connectivity index (χ2v) is 7.10. The van der Waals surface area contributed by atoms with Crippen LogP contribution < -0.4 is 0 Å². The minimum Gasteiger partial charge on any atom is -0.332 e. The third-order valence-corrected chi connectivity index (χ3v) is 5.57. The molecule has 0 unspecified atom stereocenters. The molecule has 1 atom stereocenters. The van der Waals surface area contributed by atoms with Gasteiger partial charge >= 0.3 is 0 Å². The van der Waals surface area contributed by atoms with E-state index in [9.17, 15) is 4.79 Å². The first-order valence-corrected chi connectivity index (χ1v) is 8.83. The topological polar surface area (TPSA) is 23.6 Å². The average molecular weight is 304 g/mol. The summed E-state index contributed by atoms with van der Waals surface area (Å²) < 4.78 is 0. The number of carbonyl (C=O) groups excluding carboxylic acids is 1. The van der Waals surface area contributed by atoms with Gasteiger partial charge in [0.2, 0.25) is 5.91 Å². The quantitative estimate of drug-likeness (QED) is 0.797. The highest BCUT2D eigenvalue weighted by molar-refractivity contribution is 7.07. The summed E-state index contributed by atoms with van der Waals surface area (Å²) >= 11 is 1.76. The van der Waals surface area contributed by atoms with Crippen LogP contribution in [0.15, 0.2) is 29.5 Å². The normalized spacial score (nSPS) is 27.2. The maximum absolute atomic E-state index is 12.3. The van der Waals surface area contributed by atoms with Gasteiger partial charge in [0, 0.05) is 26.1 Å². The Kier molecular flexibility index (Phi) is 4.45. The van der Waals surface area contributed by atoms with Gasteiger partial charge in [-0.3, -0.25) is 9.69 Å². The highest BCUT2D eigenvalue weighted by Crippen LogP contribution is 2.37. The molecule has 4 heteroatoms. The molecule has 0 aliphatic carbocycles. The van der Waals surface area contributed by atoms with Crippen molar-refractivity contribution in [2.24, 2.45) is 0 Å². The van der Waals surface area contributed by atoms with Crippen molar-refractivity contribution < 1.29 is 4.79 Å². The molecule has 3 nitrogen and oxygen atoms in total. The predicted molar refractivity (Wildman–Crippen MR) is 87.3 cm³/mol. The maximum atomic E-state index is 12.3. The zero-order valence-electron chi connectivity index (χ0n) is 12.6. The third kappa shape index (κ3) is 3.06. The van der Waals surface area contributed by atoms with Crippen LogP contribution in [0.4, 0.5) is 0 Å². The summed E-state index contributed by atoms with van der Waals surface area (Å²) in [6.45, 7) is 7.72. The van der Waals surface area contributed by atoms with E-state index in [1.165, 1.54) is 12.0 Å². The molecule has 3 rings (SSSR count).